The molecule has 0 saturated heterocycles. The first-order valence-electron chi connectivity index (χ1n) is 7.79. The average molecular weight is 260 g/mol. The molecule has 106 valence electrons. The van der Waals surface area contributed by atoms with Crippen molar-refractivity contribution < 1.29 is 0 Å². The Hall–Kier alpha value is -0.860. The minimum atomic E-state index is 1.12. The minimum absolute atomic E-state index is 1.12. The Balaban J connectivity index is 2.07. The minimum Gasteiger partial charge on any atom is -0.320 e. The van der Waals surface area contributed by atoms with E-state index in [2.05, 4.69) is 36.2 Å². The summed E-state index contributed by atoms with van der Waals surface area (Å²) in [5, 5.41) is 3.23. The van der Waals surface area contributed by atoms with Gasteiger partial charge in [-0.05, 0) is 68.1 Å². The first-order valence-corrected chi connectivity index (χ1v) is 7.79. The van der Waals surface area contributed by atoms with Crippen LogP contribution in [0.3, 0.4) is 0 Å². The second-order valence-corrected chi connectivity index (χ2v) is 5.58. The third kappa shape index (κ3) is 3.58. The van der Waals surface area contributed by atoms with Gasteiger partial charge in [0.05, 0.1) is 0 Å². The van der Waals surface area contributed by atoms with Gasteiger partial charge in [0.2, 0.25) is 0 Å². The molecule has 2 heteroatoms. The third-order valence-electron chi connectivity index (χ3n) is 4.28. The zero-order valence-electron chi connectivity index (χ0n) is 12.8. The van der Waals surface area contributed by atoms with Crippen LogP contribution in [-0.2, 0) is 25.8 Å². The van der Waals surface area contributed by atoms with Gasteiger partial charge in [-0.25, -0.2) is 0 Å². The molecule has 1 N–H and O–H groups in total. The fourth-order valence-electron chi connectivity index (χ4n) is 3.10. The molecular formula is C17H28N2. The van der Waals surface area contributed by atoms with E-state index in [1.54, 1.807) is 22.3 Å². The molecular weight excluding hydrogens is 232 g/mol. The summed E-state index contributed by atoms with van der Waals surface area (Å²) in [6.07, 6.45) is 4.81. The highest BCUT2D eigenvalue weighted by Gasteiger charge is 2.17. The maximum Gasteiger partial charge on any atom is 0.0236 e. The van der Waals surface area contributed by atoms with E-state index in [1.807, 2.05) is 7.05 Å². The van der Waals surface area contributed by atoms with Crippen LogP contribution in [-0.4, -0.2) is 31.6 Å². The Labute approximate surface area is 118 Å². The van der Waals surface area contributed by atoms with E-state index in [0.717, 1.165) is 19.5 Å². The van der Waals surface area contributed by atoms with Crippen molar-refractivity contribution in [2.45, 2.75) is 46.1 Å². The third-order valence-corrected chi connectivity index (χ3v) is 4.28. The second-order valence-electron chi connectivity index (χ2n) is 5.58. The van der Waals surface area contributed by atoms with Crippen molar-refractivity contribution >= 4 is 0 Å². The molecule has 0 spiro atoms. The molecule has 2 rings (SSSR count). The van der Waals surface area contributed by atoms with Gasteiger partial charge in [-0.3, -0.25) is 4.90 Å². The molecule has 0 unspecified atom stereocenters. The number of nitrogens with zero attached hydrogens (tertiary/aromatic N) is 1. The summed E-state index contributed by atoms with van der Waals surface area (Å²) in [6.45, 7) is 9.26. The molecule has 0 aromatic heterocycles. The van der Waals surface area contributed by atoms with E-state index >= 15 is 0 Å². The van der Waals surface area contributed by atoms with Gasteiger partial charge in [0.1, 0.15) is 0 Å². The molecule has 0 aliphatic carbocycles. The molecule has 2 nitrogen and oxygen atoms in total. The molecule has 1 aliphatic rings. The quantitative estimate of drug-likeness (QED) is 0.791. The summed E-state index contributed by atoms with van der Waals surface area (Å²) < 4.78 is 0. The number of hydrogen-bond acceptors (Lipinski definition) is 2. The topological polar surface area (TPSA) is 15.3 Å². The van der Waals surface area contributed by atoms with Crippen LogP contribution in [0.1, 0.15) is 42.5 Å². The van der Waals surface area contributed by atoms with Gasteiger partial charge in [-0.15, -0.1) is 0 Å². The van der Waals surface area contributed by atoms with Crippen molar-refractivity contribution in [2.75, 3.05) is 26.7 Å². The molecule has 1 heterocycles. The van der Waals surface area contributed by atoms with E-state index in [-0.39, 0.29) is 0 Å². The summed E-state index contributed by atoms with van der Waals surface area (Å²) >= 11 is 0. The molecule has 1 aromatic carbocycles. The van der Waals surface area contributed by atoms with Crippen LogP contribution in [0, 0.1) is 0 Å². The Kier molecular flexibility index (Phi) is 5.41. The molecule has 0 bridgehead atoms. The van der Waals surface area contributed by atoms with Crippen LogP contribution in [0.4, 0.5) is 0 Å². The standard InChI is InChI=1S/C17H28N2/c1-4-14-11-16-7-10-19(9-6-8-18-3)13-17(16)12-15(14)5-2/h11-12,18H,4-10,13H2,1-3H3. The fraction of sp³-hybridized carbons (Fsp3) is 0.647. The van der Waals surface area contributed by atoms with Gasteiger partial charge < -0.3 is 5.32 Å². The number of aryl methyl sites for hydroxylation is 2. The van der Waals surface area contributed by atoms with E-state index < -0.39 is 0 Å². The van der Waals surface area contributed by atoms with Crippen molar-refractivity contribution in [3.8, 4) is 0 Å². The van der Waals surface area contributed by atoms with E-state index in [0.29, 0.717) is 0 Å². The summed E-state index contributed by atoms with van der Waals surface area (Å²) in [4.78, 5) is 2.60. The Morgan fingerprint density at radius 3 is 2.42 bits per heavy atom. The van der Waals surface area contributed by atoms with Gasteiger partial charge in [-0.1, -0.05) is 26.0 Å². The Morgan fingerprint density at radius 1 is 1.11 bits per heavy atom. The average Bonchev–Trinajstić information content (AvgIpc) is 2.46. The summed E-state index contributed by atoms with van der Waals surface area (Å²) in [5.41, 5.74) is 6.28. The van der Waals surface area contributed by atoms with Crippen molar-refractivity contribution in [3.63, 3.8) is 0 Å². The van der Waals surface area contributed by atoms with Crippen LogP contribution in [0.15, 0.2) is 12.1 Å². The van der Waals surface area contributed by atoms with Crippen molar-refractivity contribution in [1.29, 1.82) is 0 Å². The van der Waals surface area contributed by atoms with Crippen molar-refractivity contribution in [1.82, 2.24) is 10.2 Å². The van der Waals surface area contributed by atoms with E-state index in [1.165, 1.54) is 32.4 Å². The summed E-state index contributed by atoms with van der Waals surface area (Å²) in [5.74, 6) is 0. The molecule has 0 fully saturated rings. The van der Waals surface area contributed by atoms with Crippen LogP contribution in [0.5, 0.6) is 0 Å². The maximum atomic E-state index is 3.23. The fourth-order valence-corrected chi connectivity index (χ4v) is 3.10. The van der Waals surface area contributed by atoms with Crippen molar-refractivity contribution in [2.24, 2.45) is 0 Å². The normalized spacial score (nSPS) is 15.5. The zero-order chi connectivity index (χ0) is 13.7. The van der Waals surface area contributed by atoms with Gasteiger partial charge in [0.25, 0.3) is 0 Å². The zero-order valence-corrected chi connectivity index (χ0v) is 12.8. The molecule has 0 atom stereocenters. The van der Waals surface area contributed by atoms with Gasteiger partial charge in [0.15, 0.2) is 0 Å². The number of rotatable bonds is 6. The SMILES string of the molecule is CCc1cc2c(cc1CC)CN(CCCNC)CC2. The molecule has 0 saturated carbocycles. The first kappa shape index (κ1) is 14.5. The largest absolute Gasteiger partial charge is 0.320 e. The lowest BCUT2D eigenvalue weighted by molar-refractivity contribution is 0.250. The molecule has 0 radical (unpaired) electrons. The number of fused-ring (bicyclic) bond motifs is 1. The lowest BCUT2D eigenvalue weighted by Crippen LogP contribution is -2.32. The van der Waals surface area contributed by atoms with Crippen LogP contribution in [0.2, 0.25) is 0 Å². The first-order chi connectivity index (χ1) is 9.28. The Bertz CT molecular complexity index is 412. The molecule has 19 heavy (non-hydrogen) atoms. The predicted octanol–water partition coefficient (Wildman–Crippen LogP) is 2.78. The number of benzene rings is 1. The number of nitrogens with one attached hydrogen (secondary N) is 1. The smallest absolute Gasteiger partial charge is 0.0236 e. The molecule has 1 aliphatic heterocycles. The highest BCUT2D eigenvalue weighted by atomic mass is 15.1. The maximum absolute atomic E-state index is 3.23. The van der Waals surface area contributed by atoms with Crippen LogP contribution in [0.25, 0.3) is 0 Å². The molecule has 1 aromatic rings. The monoisotopic (exact) mass is 260 g/mol. The number of hydrogen-bond donors (Lipinski definition) is 1. The van der Waals surface area contributed by atoms with Gasteiger partial charge >= 0.3 is 0 Å². The van der Waals surface area contributed by atoms with E-state index in [4.69, 9.17) is 0 Å². The van der Waals surface area contributed by atoms with Crippen LogP contribution >= 0.6 is 0 Å². The van der Waals surface area contributed by atoms with Crippen LogP contribution < -0.4 is 5.32 Å². The molecule has 0 amide bonds. The highest BCUT2D eigenvalue weighted by Crippen LogP contribution is 2.24. The predicted molar refractivity (Wildman–Crippen MR) is 82.7 cm³/mol. The second kappa shape index (κ2) is 7.06. The lowest BCUT2D eigenvalue weighted by Gasteiger charge is -2.30. The van der Waals surface area contributed by atoms with Gasteiger partial charge in [-0.2, -0.15) is 0 Å². The summed E-state index contributed by atoms with van der Waals surface area (Å²) in [6, 6.07) is 4.94. The summed E-state index contributed by atoms with van der Waals surface area (Å²) in [7, 11) is 2.03. The van der Waals surface area contributed by atoms with Crippen molar-refractivity contribution in [3.05, 3.63) is 34.4 Å². The highest BCUT2D eigenvalue weighted by molar-refractivity contribution is 5.40. The van der Waals surface area contributed by atoms with E-state index in [9.17, 15) is 0 Å². The van der Waals surface area contributed by atoms with Gasteiger partial charge in [0, 0.05) is 13.1 Å². The lowest BCUT2D eigenvalue weighted by atomic mass is 9.91. The Morgan fingerprint density at radius 2 is 1.79 bits per heavy atom.